The van der Waals surface area contributed by atoms with Crippen LogP contribution >= 0.6 is 0 Å². The first-order valence-electron chi connectivity index (χ1n) is 6.72. The zero-order valence-electron chi connectivity index (χ0n) is 12.0. The van der Waals surface area contributed by atoms with E-state index >= 15 is 0 Å². The molecule has 1 unspecified atom stereocenters. The summed E-state index contributed by atoms with van der Waals surface area (Å²) < 4.78 is 4.66. The van der Waals surface area contributed by atoms with Gasteiger partial charge in [-0.15, -0.1) is 0 Å². The minimum absolute atomic E-state index is 0.00621. The van der Waals surface area contributed by atoms with Crippen molar-refractivity contribution in [2.75, 3.05) is 7.11 Å². The predicted molar refractivity (Wildman–Crippen MR) is 80.3 cm³/mol. The van der Waals surface area contributed by atoms with E-state index in [1.807, 2.05) is 6.07 Å². The van der Waals surface area contributed by atoms with Gasteiger partial charge in [0.1, 0.15) is 5.56 Å². The first kappa shape index (κ1) is 15.5. The van der Waals surface area contributed by atoms with E-state index in [9.17, 15) is 14.4 Å². The Morgan fingerprint density at radius 1 is 1.18 bits per heavy atom. The number of H-pyrrole nitrogens is 1. The Labute approximate surface area is 127 Å². The Bertz CT molecular complexity index is 709. The maximum atomic E-state index is 12.2. The highest BCUT2D eigenvalue weighted by Gasteiger charge is 2.20. The summed E-state index contributed by atoms with van der Waals surface area (Å²) in [5.41, 5.74) is 0.270. The average Bonchev–Trinajstić information content (AvgIpc) is 2.55. The van der Waals surface area contributed by atoms with Crippen molar-refractivity contribution in [2.45, 2.75) is 12.5 Å². The van der Waals surface area contributed by atoms with Gasteiger partial charge >= 0.3 is 5.97 Å². The zero-order valence-corrected chi connectivity index (χ0v) is 12.0. The second-order valence-corrected chi connectivity index (χ2v) is 4.63. The first-order chi connectivity index (χ1) is 10.6. The number of rotatable bonds is 5. The van der Waals surface area contributed by atoms with Crippen LogP contribution in [0.2, 0.25) is 0 Å². The quantitative estimate of drug-likeness (QED) is 0.817. The van der Waals surface area contributed by atoms with Gasteiger partial charge in [0.2, 0.25) is 0 Å². The van der Waals surface area contributed by atoms with E-state index in [4.69, 9.17) is 0 Å². The van der Waals surface area contributed by atoms with Crippen LogP contribution in [0.15, 0.2) is 53.5 Å². The Morgan fingerprint density at radius 2 is 1.91 bits per heavy atom. The molecular formula is C16H16N2O4. The topological polar surface area (TPSA) is 88.3 Å². The Morgan fingerprint density at radius 3 is 2.55 bits per heavy atom. The molecule has 1 aromatic carbocycles. The van der Waals surface area contributed by atoms with Crippen LogP contribution in [0.1, 0.15) is 28.4 Å². The van der Waals surface area contributed by atoms with Crippen LogP contribution in [0.25, 0.3) is 0 Å². The lowest BCUT2D eigenvalue weighted by Gasteiger charge is -2.18. The summed E-state index contributed by atoms with van der Waals surface area (Å²) in [5, 5.41) is 2.70. The summed E-state index contributed by atoms with van der Waals surface area (Å²) in [6.45, 7) is 0. The van der Waals surface area contributed by atoms with Crippen molar-refractivity contribution < 1.29 is 14.3 Å². The Balaban J connectivity index is 2.23. The molecule has 22 heavy (non-hydrogen) atoms. The minimum Gasteiger partial charge on any atom is -0.469 e. The van der Waals surface area contributed by atoms with Gasteiger partial charge in [0, 0.05) is 6.20 Å². The van der Waals surface area contributed by atoms with E-state index in [0.29, 0.717) is 0 Å². The molecule has 6 heteroatoms. The average molecular weight is 300 g/mol. The van der Waals surface area contributed by atoms with Gasteiger partial charge in [0.25, 0.3) is 11.5 Å². The highest BCUT2D eigenvalue weighted by Crippen LogP contribution is 2.17. The maximum Gasteiger partial charge on any atom is 0.307 e. The number of carbonyl (C=O) groups excluding carboxylic acids is 2. The maximum absolute atomic E-state index is 12.2. The van der Waals surface area contributed by atoms with Crippen LogP contribution in [0.4, 0.5) is 0 Å². The molecular weight excluding hydrogens is 284 g/mol. The number of nitrogens with one attached hydrogen (secondary N) is 2. The molecule has 2 aromatic rings. The largest absolute Gasteiger partial charge is 0.469 e. The molecule has 0 radical (unpaired) electrons. The third-order valence-corrected chi connectivity index (χ3v) is 3.17. The number of hydrogen-bond acceptors (Lipinski definition) is 4. The lowest BCUT2D eigenvalue weighted by Crippen LogP contribution is -2.33. The van der Waals surface area contributed by atoms with Crippen LogP contribution in [0, 0.1) is 0 Å². The molecule has 0 aliphatic rings. The van der Waals surface area contributed by atoms with E-state index in [2.05, 4.69) is 15.0 Å². The molecule has 0 saturated heterocycles. The van der Waals surface area contributed by atoms with Crippen LogP contribution < -0.4 is 10.9 Å². The molecule has 0 fully saturated rings. The highest BCUT2D eigenvalue weighted by atomic mass is 16.5. The number of aromatic nitrogens is 1. The number of amides is 1. The molecule has 0 bridgehead atoms. The lowest BCUT2D eigenvalue weighted by molar-refractivity contribution is -0.141. The van der Waals surface area contributed by atoms with Crippen molar-refractivity contribution in [1.82, 2.24) is 10.3 Å². The summed E-state index contributed by atoms with van der Waals surface area (Å²) in [6, 6.07) is 11.5. The minimum atomic E-state index is -0.569. The summed E-state index contributed by atoms with van der Waals surface area (Å²) in [6.07, 6.45) is 1.43. The fourth-order valence-electron chi connectivity index (χ4n) is 2.02. The summed E-state index contributed by atoms with van der Waals surface area (Å²) in [7, 11) is 1.29. The van der Waals surface area contributed by atoms with E-state index in [-0.39, 0.29) is 12.0 Å². The number of benzene rings is 1. The number of esters is 1. The standard InChI is InChI=1S/C16H16N2O4/c1-22-14(19)10-13(11-6-3-2-4-7-11)18-16(21)12-8-5-9-17-15(12)20/h2-9,13H,10H2,1H3,(H,17,20)(H,18,21). The third-order valence-electron chi connectivity index (χ3n) is 3.17. The third kappa shape index (κ3) is 3.82. The van der Waals surface area contributed by atoms with Gasteiger partial charge in [-0.3, -0.25) is 14.4 Å². The van der Waals surface area contributed by atoms with Crippen molar-refractivity contribution in [1.29, 1.82) is 0 Å². The van der Waals surface area contributed by atoms with Crippen LogP contribution in [-0.4, -0.2) is 24.0 Å². The number of carbonyl (C=O) groups is 2. The van der Waals surface area contributed by atoms with Gasteiger partial charge in [-0.2, -0.15) is 0 Å². The molecule has 0 aliphatic heterocycles. The second kappa shape index (κ2) is 7.21. The van der Waals surface area contributed by atoms with Crippen molar-refractivity contribution in [3.8, 4) is 0 Å². The molecule has 1 amide bonds. The van der Waals surface area contributed by atoms with E-state index in [1.54, 1.807) is 30.3 Å². The van der Waals surface area contributed by atoms with Crippen LogP contribution in [0.3, 0.4) is 0 Å². The lowest BCUT2D eigenvalue weighted by atomic mass is 10.0. The van der Waals surface area contributed by atoms with Gasteiger partial charge in [0.05, 0.1) is 19.6 Å². The van der Waals surface area contributed by atoms with Gasteiger partial charge in [0.15, 0.2) is 0 Å². The first-order valence-corrected chi connectivity index (χ1v) is 6.72. The van der Waals surface area contributed by atoms with Crippen molar-refractivity contribution in [2.24, 2.45) is 0 Å². The second-order valence-electron chi connectivity index (χ2n) is 4.63. The predicted octanol–water partition coefficient (Wildman–Crippen LogP) is 1.41. The normalized spacial score (nSPS) is 11.5. The summed E-state index contributed by atoms with van der Waals surface area (Å²) >= 11 is 0. The highest BCUT2D eigenvalue weighted by molar-refractivity contribution is 5.94. The molecule has 1 aromatic heterocycles. The fourth-order valence-corrected chi connectivity index (χ4v) is 2.02. The molecule has 1 atom stereocenters. The SMILES string of the molecule is COC(=O)CC(NC(=O)c1ccc[nH]c1=O)c1ccccc1. The molecule has 0 saturated carbocycles. The van der Waals surface area contributed by atoms with Crippen molar-refractivity contribution in [3.05, 3.63) is 70.1 Å². The Kier molecular flexibility index (Phi) is 5.08. The molecule has 1 heterocycles. The summed E-state index contributed by atoms with van der Waals surface area (Å²) in [4.78, 5) is 37.9. The van der Waals surface area contributed by atoms with Crippen LogP contribution in [0.5, 0.6) is 0 Å². The van der Waals surface area contributed by atoms with Crippen molar-refractivity contribution in [3.63, 3.8) is 0 Å². The molecule has 2 rings (SSSR count). The van der Waals surface area contributed by atoms with Crippen LogP contribution in [-0.2, 0) is 9.53 Å². The molecule has 114 valence electrons. The van der Waals surface area contributed by atoms with E-state index in [1.165, 1.54) is 19.4 Å². The van der Waals surface area contributed by atoms with Crippen molar-refractivity contribution >= 4 is 11.9 Å². The van der Waals surface area contributed by atoms with Gasteiger partial charge in [-0.05, 0) is 17.7 Å². The Hall–Kier alpha value is -2.89. The molecule has 0 spiro atoms. The van der Waals surface area contributed by atoms with E-state index < -0.39 is 23.5 Å². The smallest absolute Gasteiger partial charge is 0.307 e. The van der Waals surface area contributed by atoms with Gasteiger partial charge in [-0.25, -0.2) is 0 Å². The zero-order chi connectivity index (χ0) is 15.9. The summed E-state index contributed by atoms with van der Waals surface area (Å²) in [5.74, 6) is -0.990. The van der Waals surface area contributed by atoms with Gasteiger partial charge < -0.3 is 15.0 Å². The monoisotopic (exact) mass is 300 g/mol. The molecule has 0 aliphatic carbocycles. The number of ether oxygens (including phenoxy) is 1. The fraction of sp³-hybridized carbons (Fsp3) is 0.188. The molecule has 6 nitrogen and oxygen atoms in total. The number of hydrogen-bond donors (Lipinski definition) is 2. The number of pyridine rings is 1. The molecule has 2 N–H and O–H groups in total. The van der Waals surface area contributed by atoms with Gasteiger partial charge in [-0.1, -0.05) is 30.3 Å². The number of methoxy groups -OCH3 is 1. The number of aromatic amines is 1. The van der Waals surface area contributed by atoms with E-state index in [0.717, 1.165) is 5.56 Å².